The molecule has 0 amide bonds. The highest BCUT2D eigenvalue weighted by Gasteiger charge is 1.99. The molecule has 1 heterocycles. The molecule has 0 bridgehead atoms. The molecule has 22 heavy (non-hydrogen) atoms. The fourth-order valence-electron chi connectivity index (χ4n) is 1.81. The summed E-state index contributed by atoms with van der Waals surface area (Å²) in [5.74, 6) is 1.32. The molecule has 0 aliphatic carbocycles. The summed E-state index contributed by atoms with van der Waals surface area (Å²) < 4.78 is 5.13. The number of guanidine groups is 1. The van der Waals surface area contributed by atoms with Crippen molar-refractivity contribution in [2.45, 2.75) is 19.9 Å². The summed E-state index contributed by atoms with van der Waals surface area (Å²) in [6.45, 7) is 3.31. The van der Waals surface area contributed by atoms with E-state index in [0.717, 1.165) is 23.7 Å². The van der Waals surface area contributed by atoms with E-state index in [0.29, 0.717) is 12.5 Å². The van der Waals surface area contributed by atoms with Gasteiger partial charge in [-0.05, 0) is 31.0 Å². The molecule has 120 valence electrons. The highest BCUT2D eigenvalue weighted by atomic mass is 127. The van der Waals surface area contributed by atoms with Crippen molar-refractivity contribution in [1.29, 1.82) is 0 Å². The molecule has 1 aromatic carbocycles. The molecule has 0 aliphatic heterocycles. The number of nitrogens with one attached hydrogen (secondary N) is 1. The first-order chi connectivity index (χ1) is 10.2. The highest BCUT2D eigenvalue weighted by Crippen LogP contribution is 2.12. The van der Waals surface area contributed by atoms with Gasteiger partial charge in [0.2, 0.25) is 0 Å². The van der Waals surface area contributed by atoms with Crippen molar-refractivity contribution in [3.63, 3.8) is 0 Å². The number of ether oxygens (including phenoxy) is 1. The van der Waals surface area contributed by atoms with Gasteiger partial charge in [-0.1, -0.05) is 12.1 Å². The number of aryl methyl sites for hydroxylation is 1. The lowest BCUT2D eigenvalue weighted by molar-refractivity contribution is 0.414. The molecule has 0 fully saturated rings. The molecule has 0 atom stereocenters. The summed E-state index contributed by atoms with van der Waals surface area (Å²) in [7, 11) is 1.66. The number of aromatic nitrogens is 1. The minimum atomic E-state index is 0. The number of hydrogen-bond acceptors (Lipinski definition) is 4. The number of nitrogens with zero attached hydrogens (tertiary/aromatic N) is 2. The molecule has 2 aromatic rings. The first-order valence-electron chi connectivity index (χ1n) is 6.75. The van der Waals surface area contributed by atoms with Gasteiger partial charge in [0.1, 0.15) is 10.8 Å². The Morgan fingerprint density at radius 1 is 1.36 bits per heavy atom. The van der Waals surface area contributed by atoms with E-state index in [2.05, 4.69) is 15.3 Å². The zero-order chi connectivity index (χ0) is 15.1. The Morgan fingerprint density at radius 2 is 2.09 bits per heavy atom. The van der Waals surface area contributed by atoms with Crippen LogP contribution in [0.3, 0.4) is 0 Å². The van der Waals surface area contributed by atoms with Crippen molar-refractivity contribution in [3.05, 3.63) is 45.9 Å². The molecule has 0 radical (unpaired) electrons. The molecule has 0 unspecified atom stereocenters. The number of thiazole rings is 1. The highest BCUT2D eigenvalue weighted by molar-refractivity contribution is 14.0. The van der Waals surface area contributed by atoms with E-state index in [-0.39, 0.29) is 24.0 Å². The topological polar surface area (TPSA) is 72.5 Å². The first-order valence-corrected chi connectivity index (χ1v) is 7.57. The standard InChI is InChI=1S/C15H20N4OS.HI/c1-11-9-18-14(21-11)10-19-15(16)17-8-7-12-3-5-13(20-2)6-4-12;/h3-6,9H,7-8,10H2,1-2H3,(H3,16,17,19);1H. The molecule has 0 aliphatic rings. The molecular weight excluding hydrogens is 411 g/mol. The minimum Gasteiger partial charge on any atom is -0.497 e. The van der Waals surface area contributed by atoms with E-state index >= 15 is 0 Å². The summed E-state index contributed by atoms with van der Waals surface area (Å²) in [6.07, 6.45) is 2.74. The SMILES string of the molecule is COc1ccc(CCNC(N)=NCc2ncc(C)s2)cc1.I. The van der Waals surface area contributed by atoms with Gasteiger partial charge in [0, 0.05) is 17.6 Å². The van der Waals surface area contributed by atoms with Crippen LogP contribution in [0.4, 0.5) is 0 Å². The van der Waals surface area contributed by atoms with Crippen molar-refractivity contribution in [2.24, 2.45) is 10.7 Å². The van der Waals surface area contributed by atoms with Gasteiger partial charge in [0.05, 0.1) is 13.7 Å². The van der Waals surface area contributed by atoms with Crippen LogP contribution in [-0.4, -0.2) is 24.6 Å². The predicted molar refractivity (Wildman–Crippen MR) is 102 cm³/mol. The van der Waals surface area contributed by atoms with Gasteiger partial charge in [-0.3, -0.25) is 0 Å². The summed E-state index contributed by atoms with van der Waals surface area (Å²) in [6, 6.07) is 8.01. The Hall–Kier alpha value is -1.35. The van der Waals surface area contributed by atoms with Gasteiger partial charge in [0.15, 0.2) is 5.96 Å². The summed E-state index contributed by atoms with van der Waals surface area (Å²) in [5, 5.41) is 4.09. The number of nitrogens with two attached hydrogens (primary N) is 1. The third-order valence-electron chi connectivity index (χ3n) is 2.93. The van der Waals surface area contributed by atoms with Crippen molar-refractivity contribution in [1.82, 2.24) is 10.3 Å². The maximum atomic E-state index is 5.83. The average molecular weight is 432 g/mol. The third kappa shape index (κ3) is 6.18. The van der Waals surface area contributed by atoms with Crippen LogP contribution in [0.15, 0.2) is 35.5 Å². The zero-order valence-electron chi connectivity index (χ0n) is 12.7. The molecule has 3 N–H and O–H groups in total. The summed E-state index contributed by atoms with van der Waals surface area (Å²) >= 11 is 1.64. The fraction of sp³-hybridized carbons (Fsp3) is 0.333. The second-order valence-corrected chi connectivity index (χ2v) is 5.91. The van der Waals surface area contributed by atoms with Crippen LogP contribution in [0.25, 0.3) is 0 Å². The normalized spacial score (nSPS) is 10.9. The molecule has 7 heteroatoms. The summed E-state index contributed by atoms with van der Waals surface area (Å²) in [5.41, 5.74) is 7.06. The van der Waals surface area contributed by atoms with Crippen LogP contribution in [0.1, 0.15) is 15.4 Å². The maximum Gasteiger partial charge on any atom is 0.189 e. The summed E-state index contributed by atoms with van der Waals surface area (Å²) in [4.78, 5) is 9.71. The average Bonchev–Trinajstić information content (AvgIpc) is 2.91. The fourth-order valence-corrected chi connectivity index (χ4v) is 2.52. The first kappa shape index (κ1) is 18.7. The van der Waals surface area contributed by atoms with E-state index in [9.17, 15) is 0 Å². The lowest BCUT2D eigenvalue weighted by atomic mass is 10.1. The van der Waals surface area contributed by atoms with Crippen LogP contribution in [0, 0.1) is 6.92 Å². The smallest absolute Gasteiger partial charge is 0.189 e. The van der Waals surface area contributed by atoms with Crippen LogP contribution in [0.5, 0.6) is 5.75 Å². The van der Waals surface area contributed by atoms with Crippen LogP contribution in [0.2, 0.25) is 0 Å². The molecular formula is C15H21IN4OS. The largest absolute Gasteiger partial charge is 0.497 e. The number of aliphatic imine (C=N–C) groups is 1. The Morgan fingerprint density at radius 3 is 2.68 bits per heavy atom. The number of rotatable bonds is 6. The van der Waals surface area contributed by atoms with E-state index in [1.165, 1.54) is 10.4 Å². The monoisotopic (exact) mass is 432 g/mol. The Labute approximate surface area is 152 Å². The molecule has 2 rings (SSSR count). The van der Waals surface area contributed by atoms with Crippen LogP contribution in [-0.2, 0) is 13.0 Å². The predicted octanol–water partition coefficient (Wildman–Crippen LogP) is 2.73. The number of halogens is 1. The second-order valence-electron chi connectivity index (χ2n) is 4.59. The molecule has 0 spiro atoms. The Kier molecular flexibility index (Phi) is 8.18. The van der Waals surface area contributed by atoms with Gasteiger partial charge in [-0.15, -0.1) is 35.3 Å². The minimum absolute atomic E-state index is 0. The van der Waals surface area contributed by atoms with Crippen molar-refractivity contribution < 1.29 is 4.74 Å². The van der Waals surface area contributed by atoms with Gasteiger partial charge in [-0.2, -0.15) is 0 Å². The van der Waals surface area contributed by atoms with Gasteiger partial charge >= 0.3 is 0 Å². The third-order valence-corrected chi connectivity index (χ3v) is 3.83. The van der Waals surface area contributed by atoms with E-state index in [1.807, 2.05) is 37.4 Å². The van der Waals surface area contributed by atoms with E-state index in [1.54, 1.807) is 18.4 Å². The van der Waals surface area contributed by atoms with Crippen molar-refractivity contribution in [3.8, 4) is 5.75 Å². The molecule has 1 aromatic heterocycles. The van der Waals surface area contributed by atoms with Crippen molar-refractivity contribution >= 4 is 41.3 Å². The lowest BCUT2D eigenvalue weighted by Gasteiger charge is -2.06. The Bertz CT molecular complexity index is 598. The Balaban J connectivity index is 0.00000242. The zero-order valence-corrected chi connectivity index (χ0v) is 15.9. The molecule has 0 saturated carbocycles. The van der Waals surface area contributed by atoms with Gasteiger partial charge in [0.25, 0.3) is 0 Å². The quantitative estimate of drug-likeness (QED) is 0.419. The van der Waals surface area contributed by atoms with Crippen LogP contribution < -0.4 is 15.8 Å². The van der Waals surface area contributed by atoms with Crippen molar-refractivity contribution in [2.75, 3.05) is 13.7 Å². The van der Waals surface area contributed by atoms with Gasteiger partial charge < -0.3 is 15.8 Å². The maximum absolute atomic E-state index is 5.83. The van der Waals surface area contributed by atoms with E-state index in [4.69, 9.17) is 10.5 Å². The number of benzene rings is 1. The molecule has 5 nitrogen and oxygen atoms in total. The van der Waals surface area contributed by atoms with Crippen LogP contribution >= 0.6 is 35.3 Å². The lowest BCUT2D eigenvalue weighted by Crippen LogP contribution is -2.33. The second kappa shape index (κ2) is 9.62. The molecule has 0 saturated heterocycles. The van der Waals surface area contributed by atoms with Gasteiger partial charge in [-0.25, -0.2) is 9.98 Å². The van der Waals surface area contributed by atoms with E-state index < -0.39 is 0 Å². The number of methoxy groups -OCH3 is 1. The number of hydrogen-bond donors (Lipinski definition) is 2.